The summed E-state index contributed by atoms with van der Waals surface area (Å²) < 4.78 is 19.4. The summed E-state index contributed by atoms with van der Waals surface area (Å²) in [6.07, 6.45) is 1.07. The zero-order valence-corrected chi connectivity index (χ0v) is 24.0. The molecular formula is C28H44O4Si2. The summed E-state index contributed by atoms with van der Waals surface area (Å²) in [5, 5.41) is 13.5. The average Bonchev–Trinajstić information content (AvgIpc) is 3.31. The van der Waals surface area contributed by atoms with E-state index >= 15 is 0 Å². The van der Waals surface area contributed by atoms with E-state index in [2.05, 4.69) is 76.6 Å². The molecule has 2 saturated carbocycles. The van der Waals surface area contributed by atoms with Crippen LogP contribution in [0.1, 0.15) is 19.8 Å². The normalized spacial score (nSPS) is 41.9. The second-order valence-electron chi connectivity index (χ2n) is 13.5. The van der Waals surface area contributed by atoms with Gasteiger partial charge < -0.3 is 19.3 Å². The van der Waals surface area contributed by atoms with Crippen LogP contribution in [-0.2, 0) is 14.2 Å². The Bertz CT molecular complexity index is 928. The predicted octanol–water partition coefficient (Wildman–Crippen LogP) is 5.03. The second kappa shape index (κ2) is 8.39. The quantitative estimate of drug-likeness (QED) is 0.440. The lowest BCUT2D eigenvalue weighted by Crippen LogP contribution is -2.67. The number of hydrogen-bond donors (Lipinski definition) is 1. The van der Waals surface area contributed by atoms with Crippen LogP contribution in [0.3, 0.4) is 0 Å². The van der Waals surface area contributed by atoms with Gasteiger partial charge in [-0.05, 0) is 29.8 Å². The van der Waals surface area contributed by atoms with Gasteiger partial charge in [-0.2, -0.15) is 0 Å². The molecule has 1 aromatic carbocycles. The molecule has 188 valence electrons. The third kappa shape index (κ3) is 3.67. The van der Waals surface area contributed by atoms with Crippen LogP contribution in [0, 0.1) is 22.7 Å². The summed E-state index contributed by atoms with van der Waals surface area (Å²) in [5.41, 5.74) is 1.26. The molecule has 4 aliphatic rings. The molecule has 1 spiro atoms. The van der Waals surface area contributed by atoms with Crippen LogP contribution < -0.4 is 5.19 Å². The highest BCUT2D eigenvalue weighted by molar-refractivity contribution is 6.91. The zero-order chi connectivity index (χ0) is 24.5. The van der Waals surface area contributed by atoms with Gasteiger partial charge >= 0.3 is 0 Å². The van der Waals surface area contributed by atoms with E-state index in [-0.39, 0.29) is 35.1 Å². The van der Waals surface area contributed by atoms with E-state index in [9.17, 15) is 5.11 Å². The van der Waals surface area contributed by atoms with E-state index in [1.54, 1.807) is 0 Å². The third-order valence-corrected chi connectivity index (χ3v) is 16.1. The van der Waals surface area contributed by atoms with E-state index in [0.717, 1.165) is 37.7 Å². The number of aliphatic hydroxyl groups excluding tert-OH is 1. The van der Waals surface area contributed by atoms with Crippen LogP contribution in [0.4, 0.5) is 0 Å². The fraction of sp³-hybridized carbons (Fsp3) is 0.714. The lowest BCUT2D eigenvalue weighted by Gasteiger charge is -2.62. The van der Waals surface area contributed by atoms with Gasteiger partial charge in [-0.1, -0.05) is 87.3 Å². The molecule has 8 atom stereocenters. The topological polar surface area (TPSA) is 47.9 Å². The van der Waals surface area contributed by atoms with E-state index < -0.39 is 22.3 Å². The average molecular weight is 501 g/mol. The summed E-state index contributed by atoms with van der Waals surface area (Å²) in [4.78, 5) is 0. The molecule has 6 heteroatoms. The molecule has 0 radical (unpaired) electrons. The molecule has 2 saturated heterocycles. The van der Waals surface area contributed by atoms with Gasteiger partial charge in [0.1, 0.15) is 0 Å². The van der Waals surface area contributed by atoms with Crippen molar-refractivity contribution in [3.05, 3.63) is 42.5 Å². The Morgan fingerprint density at radius 2 is 1.79 bits per heavy atom. The number of benzene rings is 1. The molecular weight excluding hydrogens is 456 g/mol. The van der Waals surface area contributed by atoms with Gasteiger partial charge in [0.2, 0.25) is 0 Å². The maximum Gasteiger partial charge on any atom is 0.164 e. The van der Waals surface area contributed by atoms with Crippen molar-refractivity contribution >= 4 is 21.3 Å². The Hall–Kier alpha value is -0.766. The second-order valence-corrected chi connectivity index (χ2v) is 23.9. The van der Waals surface area contributed by atoms with Gasteiger partial charge in [0.25, 0.3) is 0 Å². The van der Waals surface area contributed by atoms with Crippen LogP contribution in [0.5, 0.6) is 0 Å². The van der Waals surface area contributed by atoms with E-state index in [1.165, 1.54) is 5.19 Å². The third-order valence-electron chi connectivity index (χ3n) is 9.92. The van der Waals surface area contributed by atoms with Gasteiger partial charge in [0, 0.05) is 31.9 Å². The van der Waals surface area contributed by atoms with Gasteiger partial charge in [-0.3, -0.25) is 0 Å². The van der Waals surface area contributed by atoms with Gasteiger partial charge in [-0.25, -0.2) is 0 Å². The lowest BCUT2D eigenvalue weighted by molar-refractivity contribution is -0.145. The smallest absolute Gasteiger partial charge is 0.164 e. The summed E-state index contributed by atoms with van der Waals surface area (Å²) in [6, 6.07) is 12.1. The molecule has 0 bridgehead atoms. The summed E-state index contributed by atoms with van der Waals surface area (Å²) in [7, 11) is -3.07. The first-order chi connectivity index (χ1) is 15.9. The van der Waals surface area contributed by atoms with Gasteiger partial charge in [0.05, 0.1) is 33.5 Å². The highest BCUT2D eigenvalue weighted by atomic mass is 28.3. The molecule has 0 unspecified atom stereocenters. The van der Waals surface area contributed by atoms with E-state index in [0.29, 0.717) is 12.1 Å². The van der Waals surface area contributed by atoms with Crippen molar-refractivity contribution in [1.29, 1.82) is 0 Å². The zero-order valence-electron chi connectivity index (χ0n) is 22.0. The van der Waals surface area contributed by atoms with Gasteiger partial charge in [-0.15, -0.1) is 0 Å². The first kappa shape index (κ1) is 24.9. The molecule has 0 amide bonds. The monoisotopic (exact) mass is 500 g/mol. The molecule has 4 fully saturated rings. The molecule has 1 N–H and O–H groups in total. The van der Waals surface area contributed by atoms with Crippen LogP contribution in [-0.4, -0.2) is 59.6 Å². The highest BCUT2D eigenvalue weighted by Crippen LogP contribution is 2.71. The maximum atomic E-state index is 12.0. The maximum absolute atomic E-state index is 12.0. The summed E-state index contributed by atoms with van der Waals surface area (Å²) >= 11 is 0. The van der Waals surface area contributed by atoms with Crippen molar-refractivity contribution in [2.75, 3.05) is 19.8 Å². The minimum absolute atomic E-state index is 0.0188. The molecule has 1 aromatic rings. The van der Waals surface area contributed by atoms with Crippen LogP contribution in [0.15, 0.2) is 42.5 Å². The molecule has 2 aliphatic carbocycles. The minimum atomic E-state index is -1.88. The van der Waals surface area contributed by atoms with Crippen molar-refractivity contribution in [1.82, 2.24) is 0 Å². The molecule has 34 heavy (non-hydrogen) atoms. The van der Waals surface area contributed by atoms with Crippen molar-refractivity contribution < 1.29 is 19.3 Å². The number of ether oxygens (including phenoxy) is 3. The molecule has 5 rings (SSSR count). The van der Waals surface area contributed by atoms with Crippen LogP contribution >= 0.6 is 0 Å². The Labute approximate surface area is 208 Å². The Kier molecular flexibility index (Phi) is 6.14. The fourth-order valence-corrected chi connectivity index (χ4v) is 13.2. The fourth-order valence-electron chi connectivity index (χ4n) is 8.29. The summed E-state index contributed by atoms with van der Waals surface area (Å²) in [5.74, 6) is 0.319. The molecule has 4 nitrogen and oxygen atoms in total. The SMILES string of the molecule is C=C1C[C@@H]2OC[C@]3(C)[C@H]([Si](C)(C)c4ccccc4)C[C@@H](O)[C@@]4(CO[C@H](OCC[Si](C)(C)C)[C@@H]14)[C@@H]23. The number of aliphatic hydroxyl groups is 1. The predicted molar refractivity (Wildman–Crippen MR) is 143 cm³/mol. The number of hydrogen-bond acceptors (Lipinski definition) is 4. The Morgan fingerprint density at radius 1 is 1.09 bits per heavy atom. The van der Waals surface area contributed by atoms with Crippen molar-refractivity contribution in [3.8, 4) is 0 Å². The van der Waals surface area contributed by atoms with Crippen LogP contribution in [0.25, 0.3) is 0 Å². The van der Waals surface area contributed by atoms with Gasteiger partial charge in [0.15, 0.2) is 6.29 Å². The first-order valence-corrected chi connectivity index (χ1v) is 20.0. The van der Waals surface area contributed by atoms with E-state index in [1.807, 2.05) is 0 Å². The van der Waals surface area contributed by atoms with E-state index in [4.69, 9.17) is 14.2 Å². The van der Waals surface area contributed by atoms with Crippen LogP contribution in [0.2, 0.25) is 44.3 Å². The molecule has 2 heterocycles. The first-order valence-electron chi connectivity index (χ1n) is 13.2. The van der Waals surface area contributed by atoms with Crippen molar-refractivity contribution in [2.45, 2.75) is 82.6 Å². The lowest BCUT2D eigenvalue weighted by atomic mass is 9.46. The standard InChI is InChI=1S/C28H44O4Si2/c1-19-15-21-25-27(2,17-31-21)23(34(6,7)20-11-9-8-10-12-20)16-22(29)28(25)18-32-26(24(19)28)30-13-14-33(3,4)5/h8-12,21-26,29H,1,13-18H2,2-7H3/t21-,22+,23+,24+,25-,26-,27+,28+/m0/s1. The molecule has 0 aromatic heterocycles. The summed E-state index contributed by atoms with van der Waals surface area (Å²) in [6.45, 7) is 21.1. The molecule has 2 aliphatic heterocycles. The number of rotatable bonds is 6. The minimum Gasteiger partial charge on any atom is -0.392 e. The Balaban J connectivity index is 1.49. The largest absolute Gasteiger partial charge is 0.392 e. The Morgan fingerprint density at radius 3 is 2.47 bits per heavy atom. The highest BCUT2D eigenvalue weighted by Gasteiger charge is 2.74. The van der Waals surface area contributed by atoms with Crippen molar-refractivity contribution in [3.63, 3.8) is 0 Å². The van der Waals surface area contributed by atoms with Crippen molar-refractivity contribution in [2.24, 2.45) is 22.7 Å².